The molecule has 0 bridgehead atoms. The minimum absolute atomic E-state index is 0.343. The van der Waals surface area contributed by atoms with Crippen LogP contribution in [0.25, 0.3) is 0 Å². The molecule has 146 valence electrons. The standard InChI is InChI=1S/C21H26N6O/c28-19-3-1-2-16(12-19)13-25-9-6-17(7-10-25)21-24-23-20(27(21)18-4-5-18)14-26-11-8-22-15-26/h1-3,8,11-12,15,17-18,28H,4-7,9-10,13-14H2. The number of rotatable bonds is 6. The lowest BCUT2D eigenvalue weighted by molar-refractivity contribution is 0.199. The van der Waals surface area contributed by atoms with Gasteiger partial charge in [0.15, 0.2) is 5.82 Å². The van der Waals surface area contributed by atoms with Crippen molar-refractivity contribution in [3.8, 4) is 5.75 Å². The molecule has 7 heteroatoms. The first-order chi connectivity index (χ1) is 13.8. The van der Waals surface area contributed by atoms with Crippen molar-refractivity contribution in [2.24, 2.45) is 0 Å². The molecule has 1 saturated carbocycles. The van der Waals surface area contributed by atoms with Gasteiger partial charge in [-0.25, -0.2) is 4.98 Å². The summed E-state index contributed by atoms with van der Waals surface area (Å²) in [5.41, 5.74) is 1.17. The maximum atomic E-state index is 9.67. The van der Waals surface area contributed by atoms with Gasteiger partial charge in [0.1, 0.15) is 11.6 Å². The Morgan fingerprint density at radius 2 is 1.89 bits per heavy atom. The van der Waals surface area contributed by atoms with Crippen molar-refractivity contribution in [1.82, 2.24) is 29.2 Å². The number of hydrogen-bond donors (Lipinski definition) is 1. The summed E-state index contributed by atoms with van der Waals surface area (Å²) in [7, 11) is 0. The van der Waals surface area contributed by atoms with Gasteiger partial charge < -0.3 is 14.2 Å². The summed E-state index contributed by atoms with van der Waals surface area (Å²) in [5, 5.41) is 18.9. The SMILES string of the molecule is Oc1cccc(CN2CCC(c3nnc(Cn4ccnc4)n3C3CC3)CC2)c1. The zero-order chi connectivity index (χ0) is 18.9. The molecule has 1 aromatic carbocycles. The fraction of sp³-hybridized carbons (Fsp3) is 0.476. The van der Waals surface area contributed by atoms with E-state index in [1.54, 1.807) is 12.3 Å². The number of phenols is 1. The first kappa shape index (κ1) is 17.4. The molecule has 1 N–H and O–H groups in total. The fourth-order valence-corrected chi connectivity index (χ4v) is 4.26. The van der Waals surface area contributed by atoms with Crippen LogP contribution >= 0.6 is 0 Å². The van der Waals surface area contributed by atoms with E-state index >= 15 is 0 Å². The highest BCUT2D eigenvalue weighted by Crippen LogP contribution is 2.40. The number of benzene rings is 1. The third-order valence-corrected chi connectivity index (χ3v) is 5.86. The van der Waals surface area contributed by atoms with Crippen LogP contribution in [0, 0.1) is 0 Å². The molecule has 0 spiro atoms. The summed E-state index contributed by atoms with van der Waals surface area (Å²) in [6, 6.07) is 8.16. The van der Waals surface area contributed by atoms with E-state index in [0.29, 0.717) is 17.7 Å². The highest BCUT2D eigenvalue weighted by atomic mass is 16.3. The van der Waals surface area contributed by atoms with Gasteiger partial charge in [-0.2, -0.15) is 0 Å². The number of phenolic OH excluding ortho intramolecular Hbond substituents is 1. The van der Waals surface area contributed by atoms with Gasteiger partial charge >= 0.3 is 0 Å². The number of likely N-dealkylation sites (tertiary alicyclic amines) is 1. The average Bonchev–Trinajstić information content (AvgIpc) is 3.24. The highest BCUT2D eigenvalue weighted by molar-refractivity contribution is 5.27. The number of piperidine rings is 1. The highest BCUT2D eigenvalue weighted by Gasteiger charge is 2.33. The van der Waals surface area contributed by atoms with Crippen LogP contribution in [0.5, 0.6) is 5.75 Å². The number of aromatic nitrogens is 5. The normalized spacial score (nSPS) is 18.6. The smallest absolute Gasteiger partial charge is 0.153 e. The lowest BCUT2D eigenvalue weighted by atomic mass is 9.95. The maximum absolute atomic E-state index is 9.67. The molecule has 0 unspecified atom stereocenters. The Labute approximate surface area is 164 Å². The third kappa shape index (κ3) is 3.67. The summed E-state index contributed by atoms with van der Waals surface area (Å²) >= 11 is 0. The van der Waals surface area contributed by atoms with E-state index in [-0.39, 0.29) is 0 Å². The minimum atomic E-state index is 0.343. The molecule has 28 heavy (non-hydrogen) atoms. The van der Waals surface area contributed by atoms with Gasteiger partial charge in [0, 0.05) is 30.9 Å². The molecule has 0 radical (unpaired) electrons. The zero-order valence-electron chi connectivity index (χ0n) is 16.0. The van der Waals surface area contributed by atoms with Crippen molar-refractivity contribution in [2.75, 3.05) is 13.1 Å². The Balaban J connectivity index is 1.27. The Morgan fingerprint density at radius 3 is 2.61 bits per heavy atom. The Hall–Kier alpha value is -2.67. The van der Waals surface area contributed by atoms with Gasteiger partial charge in [-0.3, -0.25) is 4.90 Å². The van der Waals surface area contributed by atoms with Crippen LogP contribution in [0.4, 0.5) is 0 Å². The van der Waals surface area contributed by atoms with Crippen LogP contribution in [0.1, 0.15) is 54.9 Å². The van der Waals surface area contributed by atoms with Crippen LogP contribution < -0.4 is 0 Å². The summed E-state index contributed by atoms with van der Waals surface area (Å²) in [4.78, 5) is 6.61. The van der Waals surface area contributed by atoms with Gasteiger partial charge in [0.2, 0.25) is 0 Å². The van der Waals surface area contributed by atoms with Crippen molar-refractivity contribution in [3.63, 3.8) is 0 Å². The van der Waals surface area contributed by atoms with Gasteiger partial charge in [0.05, 0.1) is 12.9 Å². The number of imidazole rings is 1. The summed E-state index contributed by atoms with van der Waals surface area (Å²) in [5.74, 6) is 3.05. The lowest BCUT2D eigenvalue weighted by Crippen LogP contribution is -2.33. The van der Waals surface area contributed by atoms with Crippen molar-refractivity contribution < 1.29 is 5.11 Å². The van der Waals surface area contributed by atoms with E-state index < -0.39 is 0 Å². The molecule has 2 aliphatic rings. The predicted molar refractivity (Wildman–Crippen MR) is 105 cm³/mol. The molecule has 1 aliphatic carbocycles. The molecule has 3 aromatic rings. The predicted octanol–water partition coefficient (Wildman–Crippen LogP) is 2.94. The van der Waals surface area contributed by atoms with Gasteiger partial charge in [-0.15, -0.1) is 10.2 Å². The van der Waals surface area contributed by atoms with Crippen molar-refractivity contribution in [3.05, 3.63) is 60.2 Å². The topological polar surface area (TPSA) is 72.0 Å². The van der Waals surface area contributed by atoms with E-state index in [4.69, 9.17) is 0 Å². The molecule has 2 aromatic heterocycles. The number of aromatic hydroxyl groups is 1. The molecule has 1 aliphatic heterocycles. The summed E-state index contributed by atoms with van der Waals surface area (Å²) < 4.78 is 4.47. The van der Waals surface area contributed by atoms with Crippen LogP contribution in [-0.2, 0) is 13.1 Å². The third-order valence-electron chi connectivity index (χ3n) is 5.86. The summed E-state index contributed by atoms with van der Waals surface area (Å²) in [6.07, 6.45) is 10.3. The van der Waals surface area contributed by atoms with Gasteiger partial charge in [-0.1, -0.05) is 12.1 Å². The van der Waals surface area contributed by atoms with Crippen molar-refractivity contribution >= 4 is 0 Å². The molecule has 0 atom stereocenters. The molecular formula is C21H26N6O. The fourth-order valence-electron chi connectivity index (χ4n) is 4.26. The van der Waals surface area contributed by atoms with Gasteiger partial charge in [0.25, 0.3) is 0 Å². The summed E-state index contributed by atoms with van der Waals surface area (Å²) in [6.45, 7) is 3.73. The molecule has 1 saturated heterocycles. The Bertz CT molecular complexity index is 922. The first-order valence-electron chi connectivity index (χ1n) is 10.2. The second-order valence-electron chi connectivity index (χ2n) is 8.03. The largest absolute Gasteiger partial charge is 0.508 e. The second kappa shape index (κ2) is 7.39. The van der Waals surface area contributed by atoms with Crippen LogP contribution in [0.3, 0.4) is 0 Å². The van der Waals surface area contributed by atoms with Crippen LogP contribution in [0.2, 0.25) is 0 Å². The first-order valence-corrected chi connectivity index (χ1v) is 10.2. The van der Waals surface area contributed by atoms with E-state index in [1.807, 2.05) is 24.7 Å². The van der Waals surface area contributed by atoms with Crippen LogP contribution in [-0.4, -0.2) is 47.4 Å². The van der Waals surface area contributed by atoms with Crippen LogP contribution in [0.15, 0.2) is 43.0 Å². The molecule has 7 nitrogen and oxygen atoms in total. The monoisotopic (exact) mass is 378 g/mol. The van der Waals surface area contributed by atoms with Crippen molar-refractivity contribution in [1.29, 1.82) is 0 Å². The van der Waals surface area contributed by atoms with E-state index in [1.165, 1.54) is 24.2 Å². The lowest BCUT2D eigenvalue weighted by Gasteiger charge is -2.31. The Kier molecular flexibility index (Phi) is 4.60. The molecule has 2 fully saturated rings. The minimum Gasteiger partial charge on any atom is -0.508 e. The van der Waals surface area contributed by atoms with Gasteiger partial charge in [-0.05, 0) is 56.5 Å². The zero-order valence-corrected chi connectivity index (χ0v) is 16.0. The molecule has 3 heterocycles. The van der Waals surface area contributed by atoms with Crippen molar-refractivity contribution in [2.45, 2.75) is 50.7 Å². The number of nitrogens with zero attached hydrogens (tertiary/aromatic N) is 6. The Morgan fingerprint density at radius 1 is 1.04 bits per heavy atom. The quantitative estimate of drug-likeness (QED) is 0.714. The molecular weight excluding hydrogens is 352 g/mol. The number of hydrogen-bond acceptors (Lipinski definition) is 5. The van der Waals surface area contributed by atoms with E-state index in [2.05, 4.69) is 35.3 Å². The average molecular weight is 378 g/mol. The molecule has 5 rings (SSSR count). The van der Waals surface area contributed by atoms with E-state index in [9.17, 15) is 5.11 Å². The maximum Gasteiger partial charge on any atom is 0.153 e. The molecule has 0 amide bonds. The van der Waals surface area contributed by atoms with E-state index in [0.717, 1.165) is 44.8 Å². The second-order valence-corrected chi connectivity index (χ2v) is 8.03.